The lowest BCUT2D eigenvalue weighted by atomic mass is 9.96. The van der Waals surface area contributed by atoms with Gasteiger partial charge in [-0.3, -0.25) is 4.98 Å². The van der Waals surface area contributed by atoms with Gasteiger partial charge in [0.1, 0.15) is 12.7 Å². The summed E-state index contributed by atoms with van der Waals surface area (Å²) in [4.78, 5) is 13.5. The first-order valence-electron chi connectivity index (χ1n) is 9.41. The predicted octanol–water partition coefficient (Wildman–Crippen LogP) is 2.29. The zero-order valence-corrected chi connectivity index (χ0v) is 16.1. The normalized spacial score (nSPS) is 17.6. The van der Waals surface area contributed by atoms with Crippen LogP contribution in [0.25, 0.3) is 22.3 Å². The molecule has 0 radical (unpaired) electrons. The second-order valence-electron chi connectivity index (χ2n) is 7.38. The van der Waals surface area contributed by atoms with Crippen LogP contribution < -0.4 is 10.1 Å². The molecule has 1 fully saturated rings. The largest absolute Gasteiger partial charge is 0.473 e. The Morgan fingerprint density at radius 2 is 2.00 bits per heavy atom. The van der Waals surface area contributed by atoms with Gasteiger partial charge < -0.3 is 19.9 Å². The molecule has 1 saturated heterocycles. The molecule has 2 aromatic heterocycles. The van der Waals surface area contributed by atoms with Crippen LogP contribution in [0.4, 0.5) is 0 Å². The number of aromatic nitrogens is 3. The minimum atomic E-state index is -0.886. The number of nitrogens with one attached hydrogen (secondary N) is 1. The Hall–Kier alpha value is -2.61. The molecule has 0 bridgehead atoms. The molecule has 0 saturated carbocycles. The monoisotopic (exact) mass is 380 g/mol. The highest BCUT2D eigenvalue weighted by Gasteiger charge is 2.18. The Labute approximate surface area is 163 Å². The van der Waals surface area contributed by atoms with Gasteiger partial charge in [-0.2, -0.15) is 0 Å². The van der Waals surface area contributed by atoms with E-state index in [0.29, 0.717) is 24.6 Å². The number of rotatable bonds is 5. The van der Waals surface area contributed by atoms with Gasteiger partial charge in [-0.05, 0) is 25.5 Å². The van der Waals surface area contributed by atoms with Gasteiger partial charge in [0.2, 0.25) is 5.88 Å². The average molecular weight is 380 g/mol. The first-order valence-corrected chi connectivity index (χ1v) is 9.41. The molecule has 0 unspecified atom stereocenters. The summed E-state index contributed by atoms with van der Waals surface area (Å²) in [6, 6.07) is 9.58. The summed E-state index contributed by atoms with van der Waals surface area (Å²) in [6.07, 6.45) is 3.27. The standard InChI is InChI=1S/C21H24N4O3/c1-21(2,26)15-5-3-14(4-6-15)17-11-18-19(24-8-7-23-18)20(25-17)28-13-16-12-22-9-10-27-16/h3-8,11,16,22,26H,9-10,12-13H2,1-2H3/t16-/m0/s1. The third kappa shape index (κ3) is 4.11. The molecule has 7 nitrogen and oxygen atoms in total. The molecule has 2 N–H and O–H groups in total. The quantitative estimate of drug-likeness (QED) is 0.702. The van der Waals surface area contributed by atoms with E-state index in [1.807, 2.05) is 30.3 Å². The average Bonchev–Trinajstić information content (AvgIpc) is 2.72. The molecule has 3 heterocycles. The van der Waals surface area contributed by atoms with Crippen molar-refractivity contribution in [1.82, 2.24) is 20.3 Å². The van der Waals surface area contributed by atoms with Crippen molar-refractivity contribution in [2.75, 3.05) is 26.3 Å². The summed E-state index contributed by atoms with van der Waals surface area (Å²) in [5, 5.41) is 13.4. The molecule has 1 aromatic carbocycles. The summed E-state index contributed by atoms with van der Waals surface area (Å²) in [5.41, 5.74) is 2.97. The lowest BCUT2D eigenvalue weighted by molar-refractivity contribution is -0.000407. The Kier molecular flexibility index (Phi) is 5.21. The zero-order valence-electron chi connectivity index (χ0n) is 16.1. The smallest absolute Gasteiger partial charge is 0.242 e. The molecular formula is C21H24N4O3. The van der Waals surface area contributed by atoms with Crippen LogP contribution in [0, 0.1) is 0 Å². The molecule has 3 aromatic rings. The van der Waals surface area contributed by atoms with E-state index in [9.17, 15) is 5.11 Å². The summed E-state index contributed by atoms with van der Waals surface area (Å²) in [6.45, 7) is 6.21. The van der Waals surface area contributed by atoms with Crippen LogP contribution in [0.3, 0.4) is 0 Å². The third-order valence-corrected chi connectivity index (χ3v) is 4.72. The lowest BCUT2D eigenvalue weighted by Gasteiger charge is -2.23. The van der Waals surface area contributed by atoms with Crippen LogP contribution in [0.15, 0.2) is 42.7 Å². The third-order valence-electron chi connectivity index (χ3n) is 4.72. The molecule has 0 spiro atoms. The maximum atomic E-state index is 10.2. The number of ether oxygens (including phenoxy) is 2. The SMILES string of the molecule is CC(C)(O)c1ccc(-c2cc3nccnc3c(OC[C@@H]3CNCCO3)n2)cc1. The topological polar surface area (TPSA) is 89.4 Å². The molecule has 28 heavy (non-hydrogen) atoms. The van der Waals surface area contributed by atoms with Crippen molar-refractivity contribution in [2.24, 2.45) is 0 Å². The molecule has 1 aliphatic heterocycles. The molecule has 146 valence electrons. The van der Waals surface area contributed by atoms with Crippen LogP contribution in [0.2, 0.25) is 0 Å². The predicted molar refractivity (Wildman–Crippen MR) is 106 cm³/mol. The van der Waals surface area contributed by atoms with Gasteiger partial charge in [0.15, 0.2) is 5.52 Å². The minimum absolute atomic E-state index is 0.0167. The highest BCUT2D eigenvalue weighted by molar-refractivity contribution is 5.83. The van der Waals surface area contributed by atoms with E-state index < -0.39 is 5.60 Å². The molecule has 1 atom stereocenters. The number of pyridine rings is 1. The van der Waals surface area contributed by atoms with Crippen molar-refractivity contribution in [3.63, 3.8) is 0 Å². The van der Waals surface area contributed by atoms with Gasteiger partial charge in [-0.25, -0.2) is 9.97 Å². The van der Waals surface area contributed by atoms with E-state index in [-0.39, 0.29) is 6.10 Å². The van der Waals surface area contributed by atoms with Gasteiger partial charge in [0, 0.05) is 31.0 Å². The highest BCUT2D eigenvalue weighted by atomic mass is 16.5. The number of benzene rings is 1. The fraction of sp³-hybridized carbons (Fsp3) is 0.381. The van der Waals surface area contributed by atoms with E-state index in [2.05, 4.69) is 20.3 Å². The summed E-state index contributed by atoms with van der Waals surface area (Å²) >= 11 is 0. The molecule has 1 aliphatic rings. The van der Waals surface area contributed by atoms with Gasteiger partial charge in [-0.1, -0.05) is 24.3 Å². The van der Waals surface area contributed by atoms with E-state index in [4.69, 9.17) is 9.47 Å². The number of nitrogens with zero attached hydrogens (tertiary/aromatic N) is 3. The van der Waals surface area contributed by atoms with Crippen molar-refractivity contribution in [2.45, 2.75) is 25.6 Å². The molecule has 7 heteroatoms. The Bertz CT molecular complexity index is 948. The van der Waals surface area contributed by atoms with Gasteiger partial charge in [-0.15, -0.1) is 0 Å². The highest BCUT2D eigenvalue weighted by Crippen LogP contribution is 2.28. The van der Waals surface area contributed by atoms with Crippen molar-refractivity contribution in [3.8, 4) is 17.1 Å². The van der Waals surface area contributed by atoms with Crippen molar-refractivity contribution in [1.29, 1.82) is 0 Å². The van der Waals surface area contributed by atoms with E-state index in [0.717, 1.165) is 35.4 Å². The minimum Gasteiger partial charge on any atom is -0.473 e. The van der Waals surface area contributed by atoms with Crippen LogP contribution in [0.1, 0.15) is 19.4 Å². The first-order chi connectivity index (χ1) is 13.5. The first kappa shape index (κ1) is 18.7. The van der Waals surface area contributed by atoms with E-state index in [1.54, 1.807) is 26.2 Å². The van der Waals surface area contributed by atoms with Gasteiger partial charge >= 0.3 is 0 Å². The summed E-state index contributed by atoms with van der Waals surface area (Å²) < 4.78 is 11.7. The van der Waals surface area contributed by atoms with Crippen molar-refractivity contribution in [3.05, 3.63) is 48.3 Å². The second-order valence-corrected chi connectivity index (χ2v) is 7.38. The van der Waals surface area contributed by atoms with Gasteiger partial charge in [0.05, 0.1) is 23.4 Å². The number of aliphatic hydroxyl groups is 1. The maximum absolute atomic E-state index is 10.2. The lowest BCUT2D eigenvalue weighted by Crippen LogP contribution is -2.41. The van der Waals surface area contributed by atoms with Crippen LogP contribution >= 0.6 is 0 Å². The Balaban J connectivity index is 1.65. The van der Waals surface area contributed by atoms with Crippen molar-refractivity contribution >= 4 is 11.0 Å². The van der Waals surface area contributed by atoms with E-state index >= 15 is 0 Å². The van der Waals surface area contributed by atoms with Crippen LogP contribution in [0.5, 0.6) is 5.88 Å². The molecule has 0 aliphatic carbocycles. The number of hydrogen-bond acceptors (Lipinski definition) is 7. The zero-order chi connectivity index (χ0) is 19.6. The van der Waals surface area contributed by atoms with Crippen LogP contribution in [-0.2, 0) is 10.3 Å². The number of morpholine rings is 1. The Morgan fingerprint density at radius 1 is 1.21 bits per heavy atom. The fourth-order valence-electron chi connectivity index (χ4n) is 3.14. The summed E-state index contributed by atoms with van der Waals surface area (Å²) in [7, 11) is 0. The number of hydrogen-bond donors (Lipinski definition) is 2. The second kappa shape index (κ2) is 7.79. The van der Waals surface area contributed by atoms with Gasteiger partial charge in [0.25, 0.3) is 0 Å². The number of fused-ring (bicyclic) bond motifs is 1. The molecule has 0 amide bonds. The fourth-order valence-corrected chi connectivity index (χ4v) is 3.14. The van der Waals surface area contributed by atoms with Crippen molar-refractivity contribution < 1.29 is 14.6 Å². The Morgan fingerprint density at radius 3 is 2.71 bits per heavy atom. The summed E-state index contributed by atoms with van der Waals surface area (Å²) in [5.74, 6) is 0.446. The molecular weight excluding hydrogens is 356 g/mol. The maximum Gasteiger partial charge on any atom is 0.242 e. The van der Waals surface area contributed by atoms with Crippen LogP contribution in [-0.4, -0.2) is 52.5 Å². The molecule has 4 rings (SSSR count). The van der Waals surface area contributed by atoms with E-state index in [1.165, 1.54) is 0 Å².